The third kappa shape index (κ3) is 10.3. The van der Waals surface area contributed by atoms with Crippen molar-refractivity contribution in [2.45, 2.75) is 12.8 Å². The number of thioether (sulfide) groups is 1. The molecule has 0 bridgehead atoms. The zero-order valence-corrected chi connectivity index (χ0v) is 8.38. The Labute approximate surface area is 74.1 Å². The van der Waals surface area contributed by atoms with Gasteiger partial charge in [0.2, 0.25) is 0 Å². The first-order chi connectivity index (χ1) is 5.41. The highest BCUT2D eigenvalue weighted by molar-refractivity contribution is 7.98. The summed E-state index contributed by atoms with van der Waals surface area (Å²) in [4.78, 5) is 0. The topological polar surface area (TPSA) is 21.3 Å². The summed E-state index contributed by atoms with van der Waals surface area (Å²) in [6.45, 7) is 3.16. The van der Waals surface area contributed by atoms with Crippen LogP contribution < -0.4 is 5.32 Å². The van der Waals surface area contributed by atoms with E-state index in [4.69, 9.17) is 4.74 Å². The van der Waals surface area contributed by atoms with Crippen LogP contribution in [0.5, 0.6) is 0 Å². The first kappa shape index (κ1) is 11.3. The summed E-state index contributed by atoms with van der Waals surface area (Å²) in [6.07, 6.45) is 4.53. The lowest BCUT2D eigenvalue weighted by atomic mass is 10.3. The Morgan fingerprint density at radius 2 is 2.09 bits per heavy atom. The van der Waals surface area contributed by atoms with Crippen molar-refractivity contribution in [3.8, 4) is 0 Å². The molecule has 0 aliphatic carbocycles. The lowest BCUT2D eigenvalue weighted by Crippen LogP contribution is -2.18. The SMILES string of the molecule is COCCCCNCCSC. The van der Waals surface area contributed by atoms with Crippen molar-refractivity contribution < 1.29 is 4.74 Å². The van der Waals surface area contributed by atoms with Gasteiger partial charge in [0.05, 0.1) is 0 Å². The summed E-state index contributed by atoms with van der Waals surface area (Å²) in [5, 5.41) is 3.37. The van der Waals surface area contributed by atoms with Gasteiger partial charge in [-0.3, -0.25) is 0 Å². The monoisotopic (exact) mass is 177 g/mol. The van der Waals surface area contributed by atoms with E-state index >= 15 is 0 Å². The second kappa shape index (κ2) is 10.3. The molecule has 0 radical (unpaired) electrons. The van der Waals surface area contributed by atoms with Crippen molar-refractivity contribution in [3.63, 3.8) is 0 Å². The molecule has 0 heterocycles. The van der Waals surface area contributed by atoms with Crippen LogP contribution in [0, 0.1) is 0 Å². The van der Waals surface area contributed by atoms with E-state index in [-0.39, 0.29) is 0 Å². The maximum absolute atomic E-state index is 4.94. The highest BCUT2D eigenvalue weighted by Crippen LogP contribution is 1.89. The van der Waals surface area contributed by atoms with E-state index in [9.17, 15) is 0 Å². The Hall–Kier alpha value is 0.270. The van der Waals surface area contributed by atoms with Crippen LogP contribution in [0.25, 0.3) is 0 Å². The van der Waals surface area contributed by atoms with Crippen molar-refractivity contribution in [2.24, 2.45) is 0 Å². The van der Waals surface area contributed by atoms with Crippen molar-refractivity contribution in [1.29, 1.82) is 0 Å². The highest BCUT2D eigenvalue weighted by Gasteiger charge is 1.87. The molecule has 1 N–H and O–H groups in total. The Morgan fingerprint density at radius 1 is 1.27 bits per heavy atom. The van der Waals surface area contributed by atoms with Gasteiger partial charge in [0.25, 0.3) is 0 Å². The average molecular weight is 177 g/mol. The number of unbranched alkanes of at least 4 members (excludes halogenated alkanes) is 1. The average Bonchev–Trinajstić information content (AvgIpc) is 2.03. The van der Waals surface area contributed by atoms with Crippen LogP contribution in [-0.4, -0.2) is 38.8 Å². The van der Waals surface area contributed by atoms with Crippen LogP contribution in [0.15, 0.2) is 0 Å². The molecule has 0 aliphatic heterocycles. The molecule has 0 unspecified atom stereocenters. The fourth-order valence-electron chi connectivity index (χ4n) is 0.796. The predicted octanol–water partition coefficient (Wildman–Crippen LogP) is 1.37. The maximum Gasteiger partial charge on any atom is 0.0462 e. The summed E-state index contributed by atoms with van der Waals surface area (Å²) in [6, 6.07) is 0. The van der Waals surface area contributed by atoms with E-state index in [0.717, 1.165) is 19.7 Å². The largest absolute Gasteiger partial charge is 0.385 e. The van der Waals surface area contributed by atoms with E-state index in [1.807, 2.05) is 11.8 Å². The molecule has 0 saturated carbocycles. The second-order valence-corrected chi connectivity index (χ2v) is 3.43. The Balaban J connectivity index is 2.69. The minimum atomic E-state index is 0.893. The molecule has 0 fully saturated rings. The summed E-state index contributed by atoms with van der Waals surface area (Å²) in [5.41, 5.74) is 0. The van der Waals surface area contributed by atoms with E-state index < -0.39 is 0 Å². The van der Waals surface area contributed by atoms with Gasteiger partial charge in [-0.25, -0.2) is 0 Å². The number of hydrogen-bond donors (Lipinski definition) is 1. The van der Waals surface area contributed by atoms with Gasteiger partial charge in [-0.05, 0) is 25.6 Å². The van der Waals surface area contributed by atoms with Crippen LogP contribution >= 0.6 is 11.8 Å². The van der Waals surface area contributed by atoms with Gasteiger partial charge in [0.15, 0.2) is 0 Å². The zero-order valence-electron chi connectivity index (χ0n) is 7.56. The summed E-state index contributed by atoms with van der Waals surface area (Å²) in [5.74, 6) is 1.21. The van der Waals surface area contributed by atoms with Gasteiger partial charge >= 0.3 is 0 Å². The van der Waals surface area contributed by atoms with Gasteiger partial charge in [-0.1, -0.05) is 0 Å². The molecule has 11 heavy (non-hydrogen) atoms. The van der Waals surface area contributed by atoms with E-state index in [2.05, 4.69) is 11.6 Å². The normalized spacial score (nSPS) is 10.4. The fraction of sp³-hybridized carbons (Fsp3) is 1.00. The van der Waals surface area contributed by atoms with Crippen molar-refractivity contribution >= 4 is 11.8 Å². The number of methoxy groups -OCH3 is 1. The van der Waals surface area contributed by atoms with E-state index in [1.165, 1.54) is 18.6 Å². The third-order valence-corrected chi connectivity index (χ3v) is 2.05. The molecule has 68 valence electrons. The molecule has 0 amide bonds. The lowest BCUT2D eigenvalue weighted by Gasteiger charge is -2.02. The lowest BCUT2D eigenvalue weighted by molar-refractivity contribution is 0.192. The summed E-state index contributed by atoms with van der Waals surface area (Å²) < 4.78 is 4.94. The molecular formula is C8H19NOS. The third-order valence-electron chi connectivity index (χ3n) is 1.43. The molecule has 0 aliphatic rings. The number of nitrogens with one attached hydrogen (secondary N) is 1. The van der Waals surface area contributed by atoms with Gasteiger partial charge in [0, 0.05) is 26.0 Å². The second-order valence-electron chi connectivity index (χ2n) is 2.44. The van der Waals surface area contributed by atoms with E-state index in [1.54, 1.807) is 7.11 Å². The van der Waals surface area contributed by atoms with Crippen LogP contribution in [0.4, 0.5) is 0 Å². The number of hydrogen-bond acceptors (Lipinski definition) is 3. The maximum atomic E-state index is 4.94. The molecule has 2 nitrogen and oxygen atoms in total. The van der Waals surface area contributed by atoms with Crippen molar-refractivity contribution in [1.82, 2.24) is 5.32 Å². The Kier molecular flexibility index (Phi) is 10.5. The minimum Gasteiger partial charge on any atom is -0.385 e. The zero-order chi connectivity index (χ0) is 8.36. The summed E-state index contributed by atoms with van der Waals surface area (Å²) >= 11 is 1.88. The van der Waals surface area contributed by atoms with Gasteiger partial charge in [0.1, 0.15) is 0 Å². The van der Waals surface area contributed by atoms with Gasteiger partial charge < -0.3 is 10.1 Å². The molecule has 0 aromatic heterocycles. The molecule has 0 spiro atoms. The Morgan fingerprint density at radius 3 is 2.73 bits per heavy atom. The molecule has 0 aromatic carbocycles. The van der Waals surface area contributed by atoms with Gasteiger partial charge in [-0.15, -0.1) is 0 Å². The first-order valence-electron chi connectivity index (χ1n) is 4.10. The van der Waals surface area contributed by atoms with Crippen LogP contribution in [0.1, 0.15) is 12.8 Å². The molecule has 0 atom stereocenters. The number of ether oxygens (including phenoxy) is 1. The van der Waals surface area contributed by atoms with E-state index in [0.29, 0.717) is 0 Å². The van der Waals surface area contributed by atoms with Crippen molar-refractivity contribution in [3.05, 3.63) is 0 Å². The van der Waals surface area contributed by atoms with Crippen LogP contribution in [0.2, 0.25) is 0 Å². The fourth-order valence-corrected chi connectivity index (χ4v) is 1.14. The summed E-state index contributed by atoms with van der Waals surface area (Å²) in [7, 11) is 1.75. The number of rotatable bonds is 8. The first-order valence-corrected chi connectivity index (χ1v) is 5.49. The molecule has 0 saturated heterocycles. The highest BCUT2D eigenvalue weighted by atomic mass is 32.2. The smallest absolute Gasteiger partial charge is 0.0462 e. The minimum absolute atomic E-state index is 0.893. The van der Waals surface area contributed by atoms with Gasteiger partial charge in [-0.2, -0.15) is 11.8 Å². The van der Waals surface area contributed by atoms with Crippen LogP contribution in [-0.2, 0) is 4.74 Å². The Bertz CT molecular complexity index is 63.1. The van der Waals surface area contributed by atoms with Crippen molar-refractivity contribution in [2.75, 3.05) is 38.8 Å². The van der Waals surface area contributed by atoms with Crippen LogP contribution in [0.3, 0.4) is 0 Å². The quantitative estimate of drug-likeness (QED) is 0.566. The molecular weight excluding hydrogens is 158 g/mol. The predicted molar refractivity (Wildman–Crippen MR) is 52.4 cm³/mol. The molecule has 0 rings (SSSR count). The molecule has 0 aromatic rings. The standard InChI is InChI=1S/C8H19NOS/c1-10-7-4-3-5-9-6-8-11-2/h9H,3-8H2,1-2H3. The molecule has 3 heteroatoms.